The minimum atomic E-state index is -3.90. The first kappa shape index (κ1) is 18.2. The molecular formula is C19H20N2O4S. The van der Waals surface area contributed by atoms with Crippen molar-refractivity contribution < 1.29 is 17.3 Å². The Labute approximate surface area is 153 Å². The van der Waals surface area contributed by atoms with Gasteiger partial charge in [0, 0.05) is 12.4 Å². The smallest absolute Gasteiger partial charge is 0.297 e. The minimum absolute atomic E-state index is 0.0906. The summed E-state index contributed by atoms with van der Waals surface area (Å²) < 4.78 is 38.1. The van der Waals surface area contributed by atoms with Crippen LogP contribution in [0.2, 0.25) is 0 Å². The van der Waals surface area contributed by atoms with Crippen LogP contribution in [-0.4, -0.2) is 30.7 Å². The molecule has 3 rings (SSSR count). The largest absolute Gasteiger partial charge is 0.491 e. The zero-order chi connectivity index (χ0) is 18.4. The van der Waals surface area contributed by atoms with Gasteiger partial charge in [-0.3, -0.25) is 4.18 Å². The van der Waals surface area contributed by atoms with E-state index >= 15 is 0 Å². The number of aromatic nitrogens is 2. The molecule has 0 spiro atoms. The van der Waals surface area contributed by atoms with Crippen molar-refractivity contribution in [3.8, 4) is 5.75 Å². The van der Waals surface area contributed by atoms with E-state index in [0.717, 1.165) is 5.56 Å². The van der Waals surface area contributed by atoms with Crippen molar-refractivity contribution in [2.24, 2.45) is 0 Å². The zero-order valence-corrected chi connectivity index (χ0v) is 15.2. The van der Waals surface area contributed by atoms with E-state index in [0.29, 0.717) is 12.3 Å². The fourth-order valence-electron chi connectivity index (χ4n) is 2.39. The third-order valence-corrected chi connectivity index (χ3v) is 5.10. The molecule has 0 N–H and O–H groups in total. The van der Waals surface area contributed by atoms with Crippen molar-refractivity contribution in [2.75, 3.05) is 6.61 Å². The lowest BCUT2D eigenvalue weighted by molar-refractivity contribution is 0.119. The topological polar surface area (TPSA) is 70.4 Å². The number of aryl methyl sites for hydroxylation is 1. The summed E-state index contributed by atoms with van der Waals surface area (Å²) in [6.07, 6.45) is 4.29. The van der Waals surface area contributed by atoms with Crippen molar-refractivity contribution in [3.05, 3.63) is 78.9 Å². The van der Waals surface area contributed by atoms with Crippen molar-refractivity contribution >= 4 is 10.1 Å². The van der Waals surface area contributed by atoms with E-state index in [4.69, 9.17) is 8.92 Å². The maximum absolute atomic E-state index is 12.6. The highest BCUT2D eigenvalue weighted by Gasteiger charge is 2.23. The molecule has 0 aliphatic heterocycles. The summed E-state index contributed by atoms with van der Waals surface area (Å²) in [7, 11) is -3.90. The summed E-state index contributed by atoms with van der Waals surface area (Å²) in [6.45, 7) is 2.29. The summed E-state index contributed by atoms with van der Waals surface area (Å²) >= 11 is 0. The third-order valence-electron chi connectivity index (χ3n) is 3.73. The predicted molar refractivity (Wildman–Crippen MR) is 97.4 cm³/mol. The number of hydrogen-bond acceptors (Lipinski definition) is 5. The first-order chi connectivity index (χ1) is 12.5. The van der Waals surface area contributed by atoms with Crippen molar-refractivity contribution in [1.82, 2.24) is 9.55 Å². The standard InChI is InChI=1S/C19H20N2O4S/c1-16-7-9-19(10-8-16)26(22,23)25-18(13-21-12-11-20-15-21)14-24-17-5-3-2-4-6-17/h2-12,15,18H,13-14H2,1H3/t18-/m0/s1. The van der Waals surface area contributed by atoms with Crippen LogP contribution in [0.4, 0.5) is 0 Å². The molecule has 7 heteroatoms. The number of benzene rings is 2. The number of para-hydroxylation sites is 1. The quantitative estimate of drug-likeness (QED) is 0.569. The van der Waals surface area contributed by atoms with Crippen molar-refractivity contribution in [3.63, 3.8) is 0 Å². The molecule has 0 aliphatic rings. The molecule has 6 nitrogen and oxygen atoms in total. The van der Waals surface area contributed by atoms with Crippen molar-refractivity contribution in [2.45, 2.75) is 24.5 Å². The van der Waals surface area contributed by atoms with E-state index in [1.165, 1.54) is 12.1 Å². The highest BCUT2D eigenvalue weighted by atomic mass is 32.2. The molecular weight excluding hydrogens is 352 g/mol. The fraction of sp³-hybridized carbons (Fsp3) is 0.211. The first-order valence-electron chi connectivity index (χ1n) is 8.16. The van der Waals surface area contributed by atoms with Crippen LogP contribution in [-0.2, 0) is 20.8 Å². The third kappa shape index (κ3) is 4.93. The molecule has 0 radical (unpaired) electrons. The Morgan fingerprint density at radius 1 is 1.08 bits per heavy atom. The van der Waals surface area contributed by atoms with Crippen molar-refractivity contribution in [1.29, 1.82) is 0 Å². The lowest BCUT2D eigenvalue weighted by Gasteiger charge is -2.19. The molecule has 1 atom stereocenters. The molecule has 0 aliphatic carbocycles. The van der Waals surface area contributed by atoms with Crippen LogP contribution in [0.25, 0.3) is 0 Å². The zero-order valence-electron chi connectivity index (χ0n) is 14.4. The van der Waals surface area contributed by atoms with E-state index in [-0.39, 0.29) is 11.5 Å². The monoisotopic (exact) mass is 372 g/mol. The van der Waals surface area contributed by atoms with Gasteiger partial charge in [0.15, 0.2) is 0 Å². The van der Waals surface area contributed by atoms with Gasteiger partial charge in [-0.15, -0.1) is 0 Å². The Hall–Kier alpha value is -2.64. The highest BCUT2D eigenvalue weighted by Crippen LogP contribution is 2.17. The SMILES string of the molecule is Cc1ccc(S(=O)(=O)O[C@H](COc2ccccc2)Cn2ccnc2)cc1. The maximum atomic E-state index is 12.6. The summed E-state index contributed by atoms with van der Waals surface area (Å²) in [5.74, 6) is 0.652. The fourth-order valence-corrected chi connectivity index (χ4v) is 3.44. The van der Waals surface area contributed by atoms with Gasteiger partial charge in [-0.2, -0.15) is 8.42 Å². The number of hydrogen-bond donors (Lipinski definition) is 0. The van der Waals surface area contributed by atoms with Gasteiger partial charge >= 0.3 is 0 Å². The number of ether oxygens (including phenoxy) is 1. The summed E-state index contributed by atoms with van der Waals surface area (Å²) in [5.41, 5.74) is 0.978. The van der Waals surface area contributed by atoms with Crippen LogP contribution >= 0.6 is 0 Å². The molecule has 0 amide bonds. The van der Waals surface area contributed by atoms with Crippen LogP contribution in [0.15, 0.2) is 78.2 Å². The van der Waals surface area contributed by atoms with Gasteiger partial charge in [0.05, 0.1) is 17.8 Å². The lowest BCUT2D eigenvalue weighted by Crippen LogP contribution is -2.29. The van der Waals surface area contributed by atoms with Gasteiger partial charge in [-0.1, -0.05) is 35.9 Å². The highest BCUT2D eigenvalue weighted by molar-refractivity contribution is 7.86. The Kier molecular flexibility index (Phi) is 5.70. The Morgan fingerprint density at radius 2 is 1.81 bits per heavy atom. The molecule has 0 saturated carbocycles. The van der Waals surface area contributed by atoms with E-state index in [2.05, 4.69) is 4.98 Å². The molecule has 26 heavy (non-hydrogen) atoms. The first-order valence-corrected chi connectivity index (χ1v) is 9.57. The van der Waals surface area contributed by atoms with E-state index in [9.17, 15) is 8.42 Å². The van der Waals surface area contributed by atoms with Gasteiger partial charge in [0.25, 0.3) is 10.1 Å². The Balaban J connectivity index is 1.74. The average molecular weight is 372 g/mol. The second-order valence-corrected chi connectivity index (χ2v) is 7.44. The number of nitrogens with zero attached hydrogens (tertiary/aromatic N) is 2. The molecule has 0 saturated heterocycles. The second kappa shape index (κ2) is 8.16. The lowest BCUT2D eigenvalue weighted by atomic mass is 10.2. The Morgan fingerprint density at radius 3 is 2.46 bits per heavy atom. The Bertz CT molecular complexity index is 908. The van der Waals surface area contributed by atoms with Gasteiger partial charge in [0.1, 0.15) is 18.5 Å². The van der Waals surface area contributed by atoms with Crippen LogP contribution < -0.4 is 4.74 Å². The molecule has 0 fully saturated rings. The van der Waals surface area contributed by atoms with Gasteiger partial charge in [-0.05, 0) is 31.2 Å². The average Bonchev–Trinajstić information content (AvgIpc) is 3.14. The number of rotatable bonds is 8. The molecule has 3 aromatic rings. The molecule has 0 unspecified atom stereocenters. The summed E-state index contributed by atoms with van der Waals surface area (Å²) in [5, 5.41) is 0. The van der Waals surface area contributed by atoms with Gasteiger partial charge in [0.2, 0.25) is 0 Å². The second-order valence-electron chi connectivity index (χ2n) is 5.87. The van der Waals surface area contributed by atoms with Gasteiger partial charge < -0.3 is 9.30 Å². The minimum Gasteiger partial charge on any atom is -0.491 e. The van der Waals surface area contributed by atoms with Crippen LogP contribution in [0, 0.1) is 6.92 Å². The molecule has 0 bridgehead atoms. The molecule has 2 aromatic carbocycles. The van der Waals surface area contributed by atoms with E-state index in [1.807, 2.05) is 37.3 Å². The van der Waals surface area contributed by atoms with Crippen LogP contribution in [0.1, 0.15) is 5.56 Å². The molecule has 136 valence electrons. The van der Waals surface area contributed by atoms with Crippen LogP contribution in [0.3, 0.4) is 0 Å². The van der Waals surface area contributed by atoms with E-state index in [1.54, 1.807) is 35.4 Å². The normalized spacial score (nSPS) is 12.7. The molecule has 1 heterocycles. The van der Waals surface area contributed by atoms with Gasteiger partial charge in [-0.25, -0.2) is 4.98 Å². The van der Waals surface area contributed by atoms with E-state index < -0.39 is 16.2 Å². The number of imidazole rings is 1. The molecule has 1 aromatic heterocycles. The summed E-state index contributed by atoms with van der Waals surface area (Å²) in [4.78, 5) is 4.10. The van der Waals surface area contributed by atoms with Crippen LogP contribution in [0.5, 0.6) is 5.75 Å². The predicted octanol–water partition coefficient (Wildman–Crippen LogP) is 3.04. The maximum Gasteiger partial charge on any atom is 0.297 e. The summed E-state index contributed by atoms with van der Waals surface area (Å²) in [6, 6.07) is 15.8.